The highest BCUT2D eigenvalue weighted by Crippen LogP contribution is 2.13. The molecule has 0 bridgehead atoms. The van der Waals surface area contributed by atoms with Crippen molar-refractivity contribution in [3.63, 3.8) is 0 Å². The Kier molecular flexibility index (Phi) is 45.6. The van der Waals surface area contributed by atoms with Gasteiger partial charge >= 0.3 is 17.9 Å². The third kappa shape index (κ3) is 45.3. The predicted octanol–water partition coefficient (Wildman–Crippen LogP) is 13.2. The fourth-order valence-electron chi connectivity index (χ4n) is 7.31. The molecule has 0 saturated heterocycles. The topological polar surface area (TPSA) is 94.2 Å². The van der Waals surface area contributed by atoms with Crippen LogP contribution in [0, 0.1) is 0 Å². The van der Waals surface area contributed by atoms with E-state index in [-0.39, 0.29) is 17.9 Å². The molecule has 0 aromatic rings. The molecule has 1 N–H and O–H groups in total. The first-order valence-corrected chi connectivity index (χ1v) is 24.9. The smallest absolute Gasteiger partial charge is 0.305 e. The molecule has 0 spiro atoms. The predicted molar refractivity (Wildman–Crippen MR) is 241 cm³/mol. The molecule has 0 aliphatic heterocycles. The van der Waals surface area contributed by atoms with Gasteiger partial charge in [-0.2, -0.15) is 0 Å². The number of carbonyl (C=O) groups is 3. The van der Waals surface area contributed by atoms with Crippen molar-refractivity contribution in [2.45, 2.75) is 245 Å². The van der Waals surface area contributed by atoms with Crippen LogP contribution in [0.1, 0.15) is 245 Å². The first kappa shape index (κ1) is 55.3. The van der Waals surface area contributed by atoms with Gasteiger partial charge in [-0.1, -0.05) is 175 Å². The summed E-state index contributed by atoms with van der Waals surface area (Å²) in [7, 11) is 0. The van der Waals surface area contributed by atoms with Gasteiger partial charge in [-0.3, -0.25) is 14.4 Å². The van der Waals surface area contributed by atoms with E-state index in [0.717, 1.165) is 103 Å². The van der Waals surface area contributed by atoms with Crippen LogP contribution in [-0.4, -0.2) is 75.4 Å². The lowest BCUT2D eigenvalue weighted by Crippen LogP contribution is -2.29. The summed E-state index contributed by atoms with van der Waals surface area (Å²) in [6.45, 7) is 12.7. The average molecular weight is 809 g/mol. The Hall–Kier alpha value is -1.67. The van der Waals surface area contributed by atoms with Gasteiger partial charge in [-0.15, -0.1) is 0 Å². The minimum atomic E-state index is -0.0915. The van der Waals surface area contributed by atoms with Gasteiger partial charge in [-0.25, -0.2) is 0 Å². The third-order valence-electron chi connectivity index (χ3n) is 11.1. The van der Waals surface area contributed by atoms with Gasteiger partial charge in [0, 0.05) is 19.3 Å². The van der Waals surface area contributed by atoms with E-state index in [1.165, 1.54) is 135 Å². The number of hydrogen-bond donors (Lipinski definition) is 1. The average Bonchev–Trinajstić information content (AvgIpc) is 3.20. The molecule has 0 unspecified atom stereocenters. The molecule has 0 fully saturated rings. The molecule has 8 heteroatoms. The molecule has 0 aliphatic carbocycles. The van der Waals surface area contributed by atoms with Crippen LogP contribution in [0.25, 0.3) is 0 Å². The number of rotatable bonds is 47. The molecular weight excluding hydrogens is 713 g/mol. The second-order valence-electron chi connectivity index (χ2n) is 16.8. The van der Waals surface area contributed by atoms with Crippen molar-refractivity contribution in [1.29, 1.82) is 0 Å². The lowest BCUT2D eigenvalue weighted by atomic mass is 10.1. The van der Waals surface area contributed by atoms with E-state index in [0.29, 0.717) is 39.1 Å². The number of nitrogens with one attached hydrogen (secondary N) is 1. The maximum absolute atomic E-state index is 12.4. The quantitative estimate of drug-likeness (QED) is 0.0369. The van der Waals surface area contributed by atoms with Crippen molar-refractivity contribution in [2.24, 2.45) is 0 Å². The van der Waals surface area contributed by atoms with Crippen LogP contribution in [0.4, 0.5) is 0 Å². The summed E-state index contributed by atoms with van der Waals surface area (Å²) >= 11 is 0. The number of hydrogen-bond acceptors (Lipinski definition) is 8. The van der Waals surface area contributed by atoms with E-state index in [2.05, 4.69) is 31.0 Å². The zero-order chi connectivity index (χ0) is 41.5. The molecule has 0 aromatic carbocycles. The van der Waals surface area contributed by atoms with Gasteiger partial charge in [0.2, 0.25) is 0 Å². The molecule has 0 saturated carbocycles. The van der Waals surface area contributed by atoms with Crippen LogP contribution in [0.2, 0.25) is 0 Å². The molecule has 0 amide bonds. The Bertz CT molecular complexity index is 814. The molecule has 0 atom stereocenters. The molecule has 0 aromatic heterocycles. The van der Waals surface area contributed by atoms with Crippen molar-refractivity contribution in [3.8, 4) is 0 Å². The van der Waals surface area contributed by atoms with Crippen LogP contribution in [0.5, 0.6) is 0 Å². The second-order valence-corrected chi connectivity index (χ2v) is 16.8. The number of nitrogens with zero attached hydrogens (tertiary/aromatic N) is 1. The van der Waals surface area contributed by atoms with Gasteiger partial charge in [0.1, 0.15) is 0 Å². The van der Waals surface area contributed by atoms with Gasteiger partial charge < -0.3 is 24.4 Å². The molecule has 0 radical (unpaired) electrons. The SMILES string of the molecule is CCCCCCCCCCCOC(=O)CCCNCCCCN(CCCC(=O)OCCCCCCCCCCC)CCCC(=O)OCCCCCCCCCCC. The van der Waals surface area contributed by atoms with Crippen LogP contribution in [0.3, 0.4) is 0 Å². The number of esters is 3. The second kappa shape index (κ2) is 47.0. The van der Waals surface area contributed by atoms with Crippen LogP contribution in [0.15, 0.2) is 0 Å². The Morgan fingerprint density at radius 1 is 0.333 bits per heavy atom. The Labute approximate surface area is 353 Å². The maximum atomic E-state index is 12.4. The summed E-state index contributed by atoms with van der Waals surface area (Å²) in [5, 5.41) is 3.48. The molecule has 0 aliphatic rings. The van der Waals surface area contributed by atoms with E-state index in [4.69, 9.17) is 14.2 Å². The monoisotopic (exact) mass is 809 g/mol. The highest BCUT2D eigenvalue weighted by Gasteiger charge is 2.11. The van der Waals surface area contributed by atoms with Gasteiger partial charge in [0.05, 0.1) is 19.8 Å². The maximum Gasteiger partial charge on any atom is 0.305 e. The standard InChI is InChI=1S/C49H96N2O6/c1-4-7-10-13-16-19-22-25-30-44-55-47(52)36-33-40-50-39-28-29-41-51(42-34-37-48(53)56-45-31-26-23-20-17-14-11-8-5-2)43-35-38-49(54)57-46-32-27-24-21-18-15-12-9-6-3/h50H,4-46H2,1-3H3. The van der Waals surface area contributed by atoms with E-state index < -0.39 is 0 Å². The fraction of sp³-hybridized carbons (Fsp3) is 0.939. The van der Waals surface area contributed by atoms with Crippen molar-refractivity contribution >= 4 is 17.9 Å². The zero-order valence-corrected chi connectivity index (χ0v) is 38.3. The largest absolute Gasteiger partial charge is 0.466 e. The number of carbonyl (C=O) groups excluding carboxylic acids is 3. The highest BCUT2D eigenvalue weighted by molar-refractivity contribution is 5.69. The summed E-state index contributed by atoms with van der Waals surface area (Å²) in [6, 6.07) is 0. The van der Waals surface area contributed by atoms with Gasteiger partial charge in [0.15, 0.2) is 0 Å². The van der Waals surface area contributed by atoms with Crippen LogP contribution >= 0.6 is 0 Å². The molecular formula is C49H96N2O6. The van der Waals surface area contributed by atoms with E-state index in [9.17, 15) is 14.4 Å². The Morgan fingerprint density at radius 2 is 0.614 bits per heavy atom. The van der Waals surface area contributed by atoms with Crippen molar-refractivity contribution < 1.29 is 28.6 Å². The van der Waals surface area contributed by atoms with Gasteiger partial charge in [0.25, 0.3) is 0 Å². The summed E-state index contributed by atoms with van der Waals surface area (Å²) in [5.74, 6) is -0.260. The third-order valence-corrected chi connectivity index (χ3v) is 11.1. The zero-order valence-electron chi connectivity index (χ0n) is 38.3. The van der Waals surface area contributed by atoms with Gasteiger partial charge in [-0.05, 0) is 84.1 Å². The van der Waals surface area contributed by atoms with E-state index >= 15 is 0 Å². The van der Waals surface area contributed by atoms with E-state index in [1.807, 2.05) is 0 Å². The van der Waals surface area contributed by atoms with E-state index in [1.54, 1.807) is 0 Å². The van der Waals surface area contributed by atoms with Crippen molar-refractivity contribution in [3.05, 3.63) is 0 Å². The molecule has 57 heavy (non-hydrogen) atoms. The first-order valence-electron chi connectivity index (χ1n) is 24.9. The molecule has 338 valence electrons. The minimum absolute atomic E-state index is 0.0771. The van der Waals surface area contributed by atoms with Crippen LogP contribution < -0.4 is 5.32 Å². The lowest BCUT2D eigenvalue weighted by molar-refractivity contribution is -0.144. The highest BCUT2D eigenvalue weighted by atomic mass is 16.5. The first-order chi connectivity index (χ1) is 28.0. The minimum Gasteiger partial charge on any atom is -0.466 e. The Balaban J connectivity index is 4.21. The molecule has 0 heterocycles. The number of unbranched alkanes of at least 4 members (excludes halogenated alkanes) is 25. The summed E-state index contributed by atoms with van der Waals surface area (Å²) < 4.78 is 16.5. The van der Waals surface area contributed by atoms with Crippen molar-refractivity contribution in [2.75, 3.05) is 52.5 Å². The summed E-state index contributed by atoms with van der Waals surface area (Å²) in [4.78, 5) is 39.3. The lowest BCUT2D eigenvalue weighted by Gasteiger charge is -2.22. The normalized spacial score (nSPS) is 11.4. The van der Waals surface area contributed by atoms with Crippen LogP contribution in [-0.2, 0) is 28.6 Å². The van der Waals surface area contributed by atoms with Crippen molar-refractivity contribution in [1.82, 2.24) is 10.2 Å². The molecule has 0 rings (SSSR count). The summed E-state index contributed by atoms with van der Waals surface area (Å²) in [6.07, 6.45) is 39.7. The summed E-state index contributed by atoms with van der Waals surface area (Å²) in [5.41, 5.74) is 0. The molecule has 8 nitrogen and oxygen atoms in total. The Morgan fingerprint density at radius 3 is 0.965 bits per heavy atom. The number of ether oxygens (including phenoxy) is 3. The fourth-order valence-corrected chi connectivity index (χ4v) is 7.31.